The third kappa shape index (κ3) is 4.26. The Labute approximate surface area is 189 Å². The number of primary amides is 1. The highest BCUT2D eigenvalue weighted by Gasteiger charge is 2.42. The van der Waals surface area contributed by atoms with Gasteiger partial charge < -0.3 is 31.5 Å². The van der Waals surface area contributed by atoms with Crippen LogP contribution in [0.2, 0.25) is 0 Å². The van der Waals surface area contributed by atoms with E-state index in [9.17, 15) is 24.6 Å². The van der Waals surface area contributed by atoms with Crippen LogP contribution in [0.3, 0.4) is 0 Å². The Morgan fingerprint density at radius 1 is 1.22 bits per heavy atom. The number of anilines is 4. The SMILES string of the molecule is NC(=O)C1(O)CCN(c2ncccc2NC(=O)c2csc(Nc3ccsc3C(=O)O)n2)C1. The number of pyridine rings is 1. The predicted octanol–water partition coefficient (Wildman–Crippen LogP) is 1.72. The molecule has 1 aliphatic heterocycles. The van der Waals surface area contributed by atoms with Gasteiger partial charge in [-0.05, 0) is 23.6 Å². The van der Waals surface area contributed by atoms with Gasteiger partial charge in [-0.2, -0.15) is 0 Å². The van der Waals surface area contributed by atoms with E-state index < -0.39 is 23.4 Å². The molecule has 1 fully saturated rings. The van der Waals surface area contributed by atoms with Gasteiger partial charge >= 0.3 is 5.97 Å². The largest absolute Gasteiger partial charge is 0.477 e. The number of carboxylic acid groups (broad SMARTS) is 1. The first-order valence-corrected chi connectivity index (χ1v) is 11.1. The summed E-state index contributed by atoms with van der Waals surface area (Å²) in [6.45, 7) is 0.316. The van der Waals surface area contributed by atoms with E-state index in [2.05, 4.69) is 20.6 Å². The molecule has 13 heteroatoms. The van der Waals surface area contributed by atoms with Crippen LogP contribution < -0.4 is 21.3 Å². The van der Waals surface area contributed by atoms with Crippen LogP contribution in [0.1, 0.15) is 26.6 Å². The Kier molecular flexibility index (Phi) is 5.78. The summed E-state index contributed by atoms with van der Waals surface area (Å²) in [7, 11) is 0. The summed E-state index contributed by atoms with van der Waals surface area (Å²) in [6, 6.07) is 4.92. The number of carbonyl (C=O) groups excluding carboxylic acids is 2. The smallest absolute Gasteiger partial charge is 0.348 e. The van der Waals surface area contributed by atoms with Gasteiger partial charge in [0.1, 0.15) is 10.6 Å². The maximum absolute atomic E-state index is 12.8. The molecular formula is C19H18N6O5S2. The molecule has 0 aliphatic carbocycles. The number of thiophene rings is 1. The van der Waals surface area contributed by atoms with Crippen molar-refractivity contribution in [2.75, 3.05) is 28.6 Å². The Morgan fingerprint density at radius 2 is 2.03 bits per heavy atom. The van der Waals surface area contributed by atoms with Crippen molar-refractivity contribution in [1.29, 1.82) is 0 Å². The van der Waals surface area contributed by atoms with Crippen LogP contribution in [0.5, 0.6) is 0 Å². The fourth-order valence-electron chi connectivity index (χ4n) is 3.23. The first-order valence-electron chi connectivity index (χ1n) is 9.34. The summed E-state index contributed by atoms with van der Waals surface area (Å²) in [5.74, 6) is -1.94. The van der Waals surface area contributed by atoms with Crippen LogP contribution in [0, 0.1) is 0 Å². The van der Waals surface area contributed by atoms with Crippen molar-refractivity contribution < 1.29 is 24.6 Å². The van der Waals surface area contributed by atoms with Crippen LogP contribution in [0.4, 0.5) is 22.3 Å². The van der Waals surface area contributed by atoms with E-state index in [0.717, 1.165) is 22.7 Å². The number of rotatable bonds is 7. The quantitative estimate of drug-likeness (QED) is 0.342. The number of aliphatic hydroxyl groups is 1. The van der Waals surface area contributed by atoms with Gasteiger partial charge in [-0.3, -0.25) is 9.59 Å². The van der Waals surface area contributed by atoms with Gasteiger partial charge in [-0.25, -0.2) is 14.8 Å². The van der Waals surface area contributed by atoms with Crippen LogP contribution >= 0.6 is 22.7 Å². The number of hydrogen-bond acceptors (Lipinski definition) is 10. The van der Waals surface area contributed by atoms with Crippen molar-refractivity contribution in [3.63, 3.8) is 0 Å². The average molecular weight is 475 g/mol. The normalized spacial score (nSPS) is 17.8. The molecule has 166 valence electrons. The Hall–Kier alpha value is -3.55. The molecule has 1 saturated heterocycles. The number of carbonyl (C=O) groups is 3. The second-order valence-electron chi connectivity index (χ2n) is 7.03. The minimum absolute atomic E-state index is 0.0282. The molecule has 1 unspecified atom stereocenters. The maximum Gasteiger partial charge on any atom is 0.348 e. The van der Waals surface area contributed by atoms with E-state index in [1.54, 1.807) is 40.1 Å². The number of aromatic carboxylic acids is 1. The number of nitrogens with two attached hydrogens (primary N) is 1. The third-order valence-corrected chi connectivity index (χ3v) is 6.54. The van der Waals surface area contributed by atoms with Crippen LogP contribution in [-0.4, -0.2) is 56.7 Å². The highest BCUT2D eigenvalue weighted by Crippen LogP contribution is 2.31. The second-order valence-corrected chi connectivity index (χ2v) is 8.80. The minimum Gasteiger partial charge on any atom is -0.477 e. The first-order chi connectivity index (χ1) is 15.3. The number of β-amino-alcohol motifs (C(OH)–C–C–N with tert-alkyl or cyclic N) is 1. The van der Waals surface area contributed by atoms with Gasteiger partial charge in [0.2, 0.25) is 0 Å². The van der Waals surface area contributed by atoms with Gasteiger partial charge in [0.05, 0.1) is 17.9 Å². The Morgan fingerprint density at radius 3 is 2.75 bits per heavy atom. The van der Waals surface area contributed by atoms with Crippen molar-refractivity contribution in [3.05, 3.63) is 45.7 Å². The number of hydrogen-bond donors (Lipinski definition) is 5. The van der Waals surface area contributed by atoms with Gasteiger partial charge in [-0.15, -0.1) is 22.7 Å². The number of nitrogens with one attached hydrogen (secondary N) is 2. The fourth-order valence-corrected chi connectivity index (χ4v) is 4.62. The molecule has 1 atom stereocenters. The molecule has 2 amide bonds. The number of thiazole rings is 1. The zero-order valence-corrected chi connectivity index (χ0v) is 18.1. The van der Waals surface area contributed by atoms with Crippen LogP contribution in [0.15, 0.2) is 35.2 Å². The lowest BCUT2D eigenvalue weighted by atomic mass is 10.0. The van der Waals surface area contributed by atoms with Crippen LogP contribution in [-0.2, 0) is 4.79 Å². The number of carboxylic acids is 1. The van der Waals surface area contributed by atoms with Crippen LogP contribution in [0.25, 0.3) is 0 Å². The molecule has 0 bridgehead atoms. The lowest BCUT2D eigenvalue weighted by molar-refractivity contribution is -0.134. The van der Waals surface area contributed by atoms with Crippen molar-refractivity contribution in [3.8, 4) is 0 Å². The Bertz CT molecular complexity index is 1190. The fraction of sp³-hybridized carbons (Fsp3) is 0.211. The van der Waals surface area contributed by atoms with Crippen molar-refractivity contribution in [2.45, 2.75) is 12.0 Å². The maximum atomic E-state index is 12.8. The summed E-state index contributed by atoms with van der Waals surface area (Å²) < 4.78 is 0. The van der Waals surface area contributed by atoms with Gasteiger partial charge in [-0.1, -0.05) is 0 Å². The molecule has 0 aromatic carbocycles. The van der Waals surface area contributed by atoms with E-state index in [0.29, 0.717) is 28.9 Å². The standard InChI is InChI=1S/C19H18N6O5S2/c20-17(29)19(30)4-6-25(9-19)14-11(2-1-5-21-14)22-15(26)12-8-32-18(24-12)23-10-3-7-31-13(10)16(27)28/h1-3,5,7-8,30H,4,6,9H2,(H2,20,29)(H,22,26)(H,23,24)(H,27,28). The lowest BCUT2D eigenvalue weighted by Gasteiger charge is -2.22. The summed E-state index contributed by atoms with van der Waals surface area (Å²) in [5.41, 5.74) is 4.56. The monoisotopic (exact) mass is 474 g/mol. The minimum atomic E-state index is -1.65. The molecule has 3 aromatic heterocycles. The van der Waals surface area contributed by atoms with Crippen molar-refractivity contribution in [1.82, 2.24) is 9.97 Å². The van der Waals surface area contributed by atoms with E-state index in [1.807, 2.05) is 0 Å². The first kappa shape index (κ1) is 21.7. The molecule has 3 aromatic rings. The zero-order chi connectivity index (χ0) is 22.9. The average Bonchev–Trinajstić information content (AvgIpc) is 3.49. The van der Waals surface area contributed by atoms with E-state index >= 15 is 0 Å². The number of amides is 2. The van der Waals surface area contributed by atoms with E-state index in [1.165, 1.54) is 0 Å². The zero-order valence-electron chi connectivity index (χ0n) is 16.4. The van der Waals surface area contributed by atoms with Gasteiger partial charge in [0.25, 0.3) is 11.8 Å². The predicted molar refractivity (Wildman–Crippen MR) is 120 cm³/mol. The van der Waals surface area contributed by atoms with Gasteiger partial charge in [0, 0.05) is 24.5 Å². The Balaban J connectivity index is 1.48. The van der Waals surface area contributed by atoms with Crippen molar-refractivity contribution >= 4 is 62.8 Å². The molecule has 0 saturated carbocycles. The highest BCUT2D eigenvalue weighted by atomic mass is 32.1. The molecule has 1 aliphatic rings. The van der Waals surface area contributed by atoms with E-state index in [-0.39, 0.29) is 23.5 Å². The highest BCUT2D eigenvalue weighted by molar-refractivity contribution is 7.14. The molecule has 0 radical (unpaired) electrons. The molecule has 4 rings (SSSR count). The summed E-state index contributed by atoms with van der Waals surface area (Å²) in [5, 5.41) is 28.8. The number of aromatic nitrogens is 2. The van der Waals surface area contributed by atoms with Crippen molar-refractivity contribution in [2.24, 2.45) is 5.73 Å². The molecule has 6 N–H and O–H groups in total. The lowest BCUT2D eigenvalue weighted by Crippen LogP contribution is -2.46. The molecule has 32 heavy (non-hydrogen) atoms. The summed E-state index contributed by atoms with van der Waals surface area (Å²) in [4.78, 5) is 45.9. The third-order valence-electron chi connectivity index (χ3n) is 4.88. The summed E-state index contributed by atoms with van der Waals surface area (Å²) >= 11 is 2.24. The summed E-state index contributed by atoms with van der Waals surface area (Å²) in [6.07, 6.45) is 1.70. The topological polar surface area (TPSA) is 171 Å². The number of nitrogens with zero attached hydrogens (tertiary/aromatic N) is 3. The molecule has 4 heterocycles. The van der Waals surface area contributed by atoms with E-state index in [4.69, 9.17) is 5.73 Å². The molecular weight excluding hydrogens is 456 g/mol. The molecule has 0 spiro atoms. The van der Waals surface area contributed by atoms with Gasteiger partial charge in [0.15, 0.2) is 16.6 Å². The molecule has 11 nitrogen and oxygen atoms in total. The second kappa shape index (κ2) is 8.53.